The molecule has 0 bridgehead atoms. The van der Waals surface area contributed by atoms with E-state index in [1.165, 1.54) is 0 Å². The summed E-state index contributed by atoms with van der Waals surface area (Å²) in [6.07, 6.45) is 4.55. The first-order chi connectivity index (χ1) is 11.8. The van der Waals surface area contributed by atoms with E-state index >= 15 is 0 Å². The Kier molecular flexibility index (Phi) is 5.17. The molecule has 2 fully saturated rings. The molecule has 0 unspecified atom stereocenters. The van der Waals surface area contributed by atoms with Crippen LogP contribution in [0, 0.1) is 13.8 Å². The highest BCUT2D eigenvalue weighted by molar-refractivity contribution is 7.89. The topological polar surface area (TPSA) is 113 Å². The lowest BCUT2D eigenvalue weighted by atomic mass is 9.96. The predicted molar refractivity (Wildman–Crippen MR) is 91.5 cm³/mol. The standard InChI is InChI=1S/C16H26N4O4S/c1-11-14(12(2)24-19-11)25(22,23)20-16(7-3-4-8-16)15(21)18-13-6-5-9-17-10-13/h13,17,20H,3-10H2,1-2H3,(H,18,21)/t13-/m0/s1. The highest BCUT2D eigenvalue weighted by atomic mass is 32.2. The van der Waals surface area contributed by atoms with Crippen molar-refractivity contribution in [2.24, 2.45) is 0 Å². The smallest absolute Gasteiger partial charge is 0.246 e. The van der Waals surface area contributed by atoms with Crippen LogP contribution in [0.3, 0.4) is 0 Å². The molecular formula is C16H26N4O4S. The number of aryl methyl sites for hydroxylation is 2. The van der Waals surface area contributed by atoms with Gasteiger partial charge in [-0.25, -0.2) is 8.42 Å². The fourth-order valence-corrected chi connectivity index (χ4v) is 5.57. The van der Waals surface area contributed by atoms with E-state index in [4.69, 9.17) is 4.52 Å². The van der Waals surface area contributed by atoms with Crippen LogP contribution in [0.1, 0.15) is 50.0 Å². The summed E-state index contributed by atoms with van der Waals surface area (Å²) in [5.74, 6) is 0.00377. The summed E-state index contributed by atoms with van der Waals surface area (Å²) in [7, 11) is -3.89. The highest BCUT2D eigenvalue weighted by Gasteiger charge is 2.46. The number of rotatable bonds is 5. The third kappa shape index (κ3) is 3.73. The van der Waals surface area contributed by atoms with E-state index in [2.05, 4.69) is 20.5 Å². The van der Waals surface area contributed by atoms with Crippen molar-refractivity contribution >= 4 is 15.9 Å². The molecule has 1 atom stereocenters. The van der Waals surface area contributed by atoms with Gasteiger partial charge >= 0.3 is 0 Å². The Bertz CT molecular complexity index is 712. The number of carbonyl (C=O) groups excluding carboxylic acids is 1. The number of hydrogen-bond donors (Lipinski definition) is 3. The van der Waals surface area contributed by atoms with Gasteiger partial charge < -0.3 is 15.2 Å². The number of amides is 1. The molecule has 0 aromatic carbocycles. The molecular weight excluding hydrogens is 344 g/mol. The maximum absolute atomic E-state index is 12.9. The zero-order valence-electron chi connectivity index (χ0n) is 14.7. The van der Waals surface area contributed by atoms with Crippen molar-refractivity contribution in [2.45, 2.75) is 68.8 Å². The summed E-state index contributed by atoms with van der Waals surface area (Å²) >= 11 is 0. The van der Waals surface area contributed by atoms with Gasteiger partial charge in [-0.15, -0.1) is 0 Å². The van der Waals surface area contributed by atoms with Gasteiger partial charge in [-0.2, -0.15) is 4.72 Å². The minimum atomic E-state index is -3.89. The fourth-order valence-electron chi connectivity index (χ4n) is 3.82. The Morgan fingerprint density at radius 1 is 1.28 bits per heavy atom. The average Bonchev–Trinajstić information content (AvgIpc) is 3.15. The van der Waals surface area contributed by atoms with Crippen LogP contribution < -0.4 is 15.4 Å². The fraction of sp³-hybridized carbons (Fsp3) is 0.750. The maximum atomic E-state index is 12.9. The van der Waals surface area contributed by atoms with E-state index in [0.717, 1.165) is 38.8 Å². The predicted octanol–water partition coefficient (Wildman–Crippen LogP) is 0.751. The van der Waals surface area contributed by atoms with Crippen molar-refractivity contribution < 1.29 is 17.7 Å². The van der Waals surface area contributed by atoms with Crippen LogP contribution in [0.5, 0.6) is 0 Å². The number of nitrogens with zero attached hydrogens (tertiary/aromatic N) is 1. The van der Waals surface area contributed by atoms with E-state index in [-0.39, 0.29) is 22.6 Å². The van der Waals surface area contributed by atoms with Gasteiger partial charge in [-0.3, -0.25) is 4.79 Å². The second-order valence-electron chi connectivity index (χ2n) is 7.06. The molecule has 25 heavy (non-hydrogen) atoms. The summed E-state index contributed by atoms with van der Waals surface area (Å²) in [4.78, 5) is 13.0. The summed E-state index contributed by atoms with van der Waals surface area (Å²) in [5, 5.41) is 10.0. The second kappa shape index (κ2) is 7.05. The number of piperidine rings is 1. The third-order valence-electron chi connectivity index (χ3n) is 5.09. The summed E-state index contributed by atoms with van der Waals surface area (Å²) in [6.45, 7) is 4.82. The lowest BCUT2D eigenvalue weighted by molar-refractivity contribution is -0.127. The van der Waals surface area contributed by atoms with Gasteiger partial charge in [0.2, 0.25) is 15.9 Å². The van der Waals surface area contributed by atoms with Crippen molar-refractivity contribution in [3.63, 3.8) is 0 Å². The normalized spacial score (nSPS) is 23.5. The zero-order valence-corrected chi connectivity index (χ0v) is 15.5. The Hall–Kier alpha value is -1.45. The van der Waals surface area contributed by atoms with Crippen LogP contribution >= 0.6 is 0 Å². The van der Waals surface area contributed by atoms with E-state index in [1.54, 1.807) is 13.8 Å². The molecule has 8 nitrogen and oxygen atoms in total. The van der Waals surface area contributed by atoms with Gasteiger partial charge in [-0.1, -0.05) is 18.0 Å². The molecule has 2 heterocycles. The van der Waals surface area contributed by atoms with Gasteiger partial charge in [0, 0.05) is 12.6 Å². The number of hydrogen-bond acceptors (Lipinski definition) is 6. The molecule has 1 amide bonds. The van der Waals surface area contributed by atoms with Gasteiger partial charge in [0.15, 0.2) is 5.76 Å². The second-order valence-corrected chi connectivity index (χ2v) is 8.68. The summed E-state index contributed by atoms with van der Waals surface area (Å²) < 4.78 is 33.4. The van der Waals surface area contributed by atoms with Gasteiger partial charge in [0.1, 0.15) is 16.1 Å². The highest BCUT2D eigenvalue weighted by Crippen LogP contribution is 2.33. The minimum absolute atomic E-state index is 0.0332. The number of sulfonamides is 1. The monoisotopic (exact) mass is 370 g/mol. The molecule has 1 aromatic heterocycles. The third-order valence-corrected chi connectivity index (χ3v) is 6.87. The first kappa shape index (κ1) is 18.3. The van der Waals surface area contributed by atoms with Crippen LogP contribution in [-0.2, 0) is 14.8 Å². The molecule has 3 rings (SSSR count). The Labute approximate surface area is 148 Å². The Balaban J connectivity index is 1.81. The molecule has 0 spiro atoms. The van der Waals surface area contributed by atoms with Crippen LogP contribution in [-0.4, -0.2) is 44.2 Å². The Morgan fingerprint density at radius 2 is 2.00 bits per heavy atom. The summed E-state index contributed by atoms with van der Waals surface area (Å²) in [6, 6.07) is 0.0438. The molecule has 1 saturated carbocycles. The van der Waals surface area contributed by atoms with Crippen molar-refractivity contribution in [1.29, 1.82) is 0 Å². The molecule has 140 valence electrons. The molecule has 1 aliphatic heterocycles. The van der Waals surface area contributed by atoms with Gasteiger partial charge in [-0.05, 0) is 46.1 Å². The van der Waals surface area contributed by atoms with Crippen molar-refractivity contribution in [2.75, 3.05) is 13.1 Å². The van der Waals surface area contributed by atoms with E-state index in [9.17, 15) is 13.2 Å². The van der Waals surface area contributed by atoms with Crippen LogP contribution in [0.4, 0.5) is 0 Å². The van der Waals surface area contributed by atoms with E-state index in [0.29, 0.717) is 18.5 Å². The van der Waals surface area contributed by atoms with Crippen LogP contribution in [0.25, 0.3) is 0 Å². The largest absolute Gasteiger partial charge is 0.360 e. The number of carbonyl (C=O) groups is 1. The lowest BCUT2D eigenvalue weighted by Gasteiger charge is -2.32. The molecule has 9 heteroatoms. The quantitative estimate of drug-likeness (QED) is 0.705. The molecule has 2 aliphatic rings. The molecule has 1 aromatic rings. The Morgan fingerprint density at radius 3 is 2.56 bits per heavy atom. The zero-order chi connectivity index (χ0) is 18.1. The lowest BCUT2D eigenvalue weighted by Crippen LogP contribution is -2.60. The van der Waals surface area contributed by atoms with Crippen molar-refractivity contribution in [3.8, 4) is 0 Å². The van der Waals surface area contributed by atoms with Crippen LogP contribution in [0.2, 0.25) is 0 Å². The number of nitrogens with one attached hydrogen (secondary N) is 3. The summed E-state index contributed by atoms with van der Waals surface area (Å²) in [5.41, 5.74) is -0.790. The van der Waals surface area contributed by atoms with Crippen LogP contribution in [0.15, 0.2) is 9.42 Å². The molecule has 1 saturated heterocycles. The van der Waals surface area contributed by atoms with Gasteiger partial charge in [0.25, 0.3) is 0 Å². The SMILES string of the molecule is Cc1noc(C)c1S(=O)(=O)NC1(C(=O)N[C@H]2CCCNC2)CCCC1. The number of aromatic nitrogens is 1. The molecule has 1 aliphatic carbocycles. The van der Waals surface area contributed by atoms with Crippen molar-refractivity contribution in [3.05, 3.63) is 11.5 Å². The molecule has 3 N–H and O–H groups in total. The molecule has 0 radical (unpaired) electrons. The average molecular weight is 370 g/mol. The first-order valence-corrected chi connectivity index (χ1v) is 10.3. The van der Waals surface area contributed by atoms with E-state index < -0.39 is 15.6 Å². The van der Waals surface area contributed by atoms with Crippen molar-refractivity contribution in [1.82, 2.24) is 20.5 Å². The van der Waals surface area contributed by atoms with Gasteiger partial charge in [0.05, 0.1) is 0 Å². The maximum Gasteiger partial charge on any atom is 0.246 e. The first-order valence-electron chi connectivity index (χ1n) is 8.83. The van der Waals surface area contributed by atoms with E-state index in [1.807, 2.05) is 0 Å². The minimum Gasteiger partial charge on any atom is -0.360 e.